The molecule has 1 aromatic heterocycles. The first-order chi connectivity index (χ1) is 7.74. The van der Waals surface area contributed by atoms with E-state index in [0.29, 0.717) is 11.3 Å². The predicted molar refractivity (Wildman–Crippen MR) is 60.2 cm³/mol. The van der Waals surface area contributed by atoms with E-state index in [4.69, 9.17) is 4.74 Å². The number of hydrogen-bond acceptors (Lipinski definition) is 3. The molecule has 0 radical (unpaired) electrons. The highest BCUT2D eigenvalue weighted by Gasteiger charge is 2.06. The highest BCUT2D eigenvalue weighted by Crippen LogP contribution is 2.19. The molecule has 0 saturated heterocycles. The fourth-order valence-electron chi connectivity index (χ4n) is 1.51. The number of ether oxygens (including phenoxy) is 1. The number of methoxy groups -OCH3 is 1. The molecule has 0 atom stereocenters. The van der Waals surface area contributed by atoms with Gasteiger partial charge in [0, 0.05) is 11.8 Å². The normalized spacial score (nSPS) is 10.1. The van der Waals surface area contributed by atoms with Crippen LogP contribution in [0, 0.1) is 6.92 Å². The van der Waals surface area contributed by atoms with E-state index in [0.717, 1.165) is 17.7 Å². The molecule has 2 aromatic rings. The molecule has 16 heavy (non-hydrogen) atoms. The van der Waals surface area contributed by atoms with E-state index < -0.39 is 0 Å². The Morgan fingerprint density at radius 2 is 2.19 bits per heavy atom. The number of carbonyl (C=O) groups excluding carboxylic acids is 1. The Kier molecular flexibility index (Phi) is 2.72. The zero-order valence-corrected chi connectivity index (χ0v) is 9.18. The standard InChI is InChI=1S/C12H12N2O2/c1-9-5-6-14(13-9)12-4-3-11(16-2)7-10(12)8-15/h3-8H,1-2H3. The van der Waals surface area contributed by atoms with Crippen molar-refractivity contribution in [1.82, 2.24) is 9.78 Å². The van der Waals surface area contributed by atoms with E-state index in [1.165, 1.54) is 0 Å². The average Bonchev–Trinajstić information content (AvgIpc) is 2.74. The van der Waals surface area contributed by atoms with Gasteiger partial charge in [0.25, 0.3) is 0 Å². The van der Waals surface area contributed by atoms with Crippen LogP contribution in [0.4, 0.5) is 0 Å². The van der Waals surface area contributed by atoms with Crippen LogP contribution in [-0.2, 0) is 0 Å². The van der Waals surface area contributed by atoms with Crippen LogP contribution in [-0.4, -0.2) is 23.2 Å². The Morgan fingerprint density at radius 3 is 2.75 bits per heavy atom. The molecule has 1 aromatic carbocycles. The van der Waals surface area contributed by atoms with Gasteiger partial charge in [-0.05, 0) is 31.2 Å². The molecule has 0 N–H and O–H groups in total. The molecule has 0 fully saturated rings. The first kappa shape index (κ1) is 10.4. The van der Waals surface area contributed by atoms with E-state index >= 15 is 0 Å². The Labute approximate surface area is 93.5 Å². The fourth-order valence-corrected chi connectivity index (χ4v) is 1.51. The Bertz CT molecular complexity index is 517. The third-order valence-electron chi connectivity index (χ3n) is 2.33. The summed E-state index contributed by atoms with van der Waals surface area (Å²) in [6, 6.07) is 7.20. The highest BCUT2D eigenvalue weighted by molar-refractivity contribution is 5.81. The van der Waals surface area contributed by atoms with Crippen molar-refractivity contribution < 1.29 is 9.53 Å². The zero-order chi connectivity index (χ0) is 11.5. The van der Waals surface area contributed by atoms with E-state index in [1.807, 2.05) is 25.3 Å². The van der Waals surface area contributed by atoms with Gasteiger partial charge >= 0.3 is 0 Å². The van der Waals surface area contributed by atoms with Gasteiger partial charge in [-0.1, -0.05) is 0 Å². The lowest BCUT2D eigenvalue weighted by atomic mass is 10.2. The molecule has 4 nitrogen and oxygen atoms in total. The van der Waals surface area contributed by atoms with Gasteiger partial charge in [-0.15, -0.1) is 0 Å². The maximum absolute atomic E-state index is 11.0. The van der Waals surface area contributed by atoms with Crippen LogP contribution in [0.15, 0.2) is 30.5 Å². The molecule has 0 unspecified atom stereocenters. The summed E-state index contributed by atoms with van der Waals surface area (Å²) >= 11 is 0. The van der Waals surface area contributed by atoms with Gasteiger partial charge in [0.05, 0.1) is 18.5 Å². The molecular formula is C12H12N2O2. The van der Waals surface area contributed by atoms with Crippen molar-refractivity contribution in [3.05, 3.63) is 41.7 Å². The molecule has 0 aliphatic heterocycles. The first-order valence-electron chi connectivity index (χ1n) is 4.90. The van der Waals surface area contributed by atoms with E-state index in [9.17, 15) is 4.79 Å². The van der Waals surface area contributed by atoms with Gasteiger partial charge in [0.2, 0.25) is 0 Å². The average molecular weight is 216 g/mol. The molecule has 82 valence electrons. The SMILES string of the molecule is COc1ccc(-n2ccc(C)n2)c(C=O)c1. The first-order valence-corrected chi connectivity index (χ1v) is 4.90. The molecule has 1 heterocycles. The minimum Gasteiger partial charge on any atom is -0.497 e. The number of nitrogens with zero attached hydrogens (tertiary/aromatic N) is 2. The van der Waals surface area contributed by atoms with Gasteiger partial charge in [-0.25, -0.2) is 4.68 Å². The predicted octanol–water partition coefficient (Wildman–Crippen LogP) is 2.00. The minimum absolute atomic E-state index is 0.558. The van der Waals surface area contributed by atoms with E-state index in [2.05, 4.69) is 5.10 Å². The van der Waals surface area contributed by atoms with Crippen LogP contribution in [0.5, 0.6) is 5.75 Å². The van der Waals surface area contributed by atoms with Crippen molar-refractivity contribution in [3.63, 3.8) is 0 Å². The molecule has 0 saturated carbocycles. The van der Waals surface area contributed by atoms with Crippen LogP contribution in [0.2, 0.25) is 0 Å². The van der Waals surface area contributed by atoms with Crippen LogP contribution < -0.4 is 4.74 Å². The molecule has 0 bridgehead atoms. The number of aryl methyl sites for hydroxylation is 1. The van der Waals surface area contributed by atoms with Crippen LogP contribution in [0.1, 0.15) is 16.1 Å². The van der Waals surface area contributed by atoms with Crippen molar-refractivity contribution in [1.29, 1.82) is 0 Å². The van der Waals surface area contributed by atoms with Crippen molar-refractivity contribution in [3.8, 4) is 11.4 Å². The molecule has 4 heteroatoms. The van der Waals surface area contributed by atoms with Gasteiger partial charge in [-0.2, -0.15) is 5.10 Å². The smallest absolute Gasteiger partial charge is 0.152 e. The molecule has 0 amide bonds. The van der Waals surface area contributed by atoms with Crippen LogP contribution in [0.25, 0.3) is 5.69 Å². The maximum atomic E-state index is 11.0. The number of carbonyl (C=O) groups is 1. The Hall–Kier alpha value is -2.10. The third kappa shape index (κ3) is 1.82. The summed E-state index contributed by atoms with van der Waals surface area (Å²) in [5, 5.41) is 4.26. The summed E-state index contributed by atoms with van der Waals surface area (Å²) in [7, 11) is 1.57. The number of aromatic nitrogens is 2. The lowest BCUT2D eigenvalue weighted by Crippen LogP contribution is -2.00. The van der Waals surface area contributed by atoms with Gasteiger partial charge < -0.3 is 4.74 Å². The van der Waals surface area contributed by atoms with Gasteiger partial charge in [0.1, 0.15) is 5.75 Å². The lowest BCUT2D eigenvalue weighted by Gasteiger charge is -2.06. The summed E-state index contributed by atoms with van der Waals surface area (Å²) in [5.41, 5.74) is 2.22. The number of rotatable bonds is 3. The topological polar surface area (TPSA) is 44.1 Å². The summed E-state index contributed by atoms with van der Waals surface area (Å²) in [5.74, 6) is 0.662. The van der Waals surface area contributed by atoms with Crippen molar-refractivity contribution in [2.75, 3.05) is 7.11 Å². The Morgan fingerprint density at radius 1 is 1.38 bits per heavy atom. The second kappa shape index (κ2) is 4.18. The van der Waals surface area contributed by atoms with Crippen LogP contribution >= 0.6 is 0 Å². The van der Waals surface area contributed by atoms with Gasteiger partial charge in [-0.3, -0.25) is 4.79 Å². The van der Waals surface area contributed by atoms with E-state index in [-0.39, 0.29) is 0 Å². The summed E-state index contributed by atoms with van der Waals surface area (Å²) in [6.07, 6.45) is 2.62. The second-order valence-corrected chi connectivity index (χ2v) is 3.44. The fraction of sp³-hybridized carbons (Fsp3) is 0.167. The summed E-state index contributed by atoms with van der Waals surface area (Å²) in [6.45, 7) is 1.90. The third-order valence-corrected chi connectivity index (χ3v) is 2.33. The molecular weight excluding hydrogens is 204 g/mol. The maximum Gasteiger partial charge on any atom is 0.152 e. The molecule has 0 aliphatic carbocycles. The number of aldehydes is 1. The minimum atomic E-state index is 0.558. The lowest BCUT2D eigenvalue weighted by molar-refractivity contribution is 0.112. The Balaban J connectivity index is 2.52. The monoisotopic (exact) mass is 216 g/mol. The van der Waals surface area contributed by atoms with Crippen molar-refractivity contribution in [2.45, 2.75) is 6.92 Å². The van der Waals surface area contributed by atoms with E-state index in [1.54, 1.807) is 23.9 Å². The molecule has 0 aliphatic rings. The number of benzene rings is 1. The summed E-state index contributed by atoms with van der Waals surface area (Å²) in [4.78, 5) is 11.0. The quantitative estimate of drug-likeness (QED) is 0.737. The molecule has 2 rings (SSSR count). The largest absolute Gasteiger partial charge is 0.497 e. The van der Waals surface area contributed by atoms with Crippen LogP contribution in [0.3, 0.4) is 0 Å². The highest BCUT2D eigenvalue weighted by atomic mass is 16.5. The van der Waals surface area contributed by atoms with Gasteiger partial charge in [0.15, 0.2) is 6.29 Å². The molecule has 0 spiro atoms. The van der Waals surface area contributed by atoms with Crippen molar-refractivity contribution in [2.24, 2.45) is 0 Å². The van der Waals surface area contributed by atoms with Crippen molar-refractivity contribution >= 4 is 6.29 Å². The zero-order valence-electron chi connectivity index (χ0n) is 9.18. The summed E-state index contributed by atoms with van der Waals surface area (Å²) < 4.78 is 6.74. The second-order valence-electron chi connectivity index (χ2n) is 3.44. The number of hydrogen-bond donors (Lipinski definition) is 0.